The fourth-order valence-corrected chi connectivity index (χ4v) is 2.54. The predicted octanol–water partition coefficient (Wildman–Crippen LogP) is 1.34. The molecule has 0 bridgehead atoms. The van der Waals surface area contributed by atoms with Gasteiger partial charge in [-0.2, -0.15) is 0 Å². The van der Waals surface area contributed by atoms with Crippen molar-refractivity contribution >= 4 is 5.97 Å². The van der Waals surface area contributed by atoms with E-state index in [2.05, 4.69) is 4.74 Å². The lowest BCUT2D eigenvalue weighted by Gasteiger charge is -2.17. The second-order valence-electron chi connectivity index (χ2n) is 5.61. The largest absolute Gasteiger partial charge is 0.468 e. The van der Waals surface area contributed by atoms with Gasteiger partial charge in [0, 0.05) is 18.9 Å². The average molecular weight is 368 g/mol. The topological polar surface area (TPSA) is 79.5 Å². The Labute approximate surface area is 147 Å². The Morgan fingerprint density at radius 3 is 2.50 bits per heavy atom. The van der Waals surface area contributed by atoms with Crippen LogP contribution in [-0.2, 0) is 20.8 Å². The smallest absolute Gasteiger partial charge is 0.331 e. The lowest BCUT2D eigenvalue weighted by Crippen LogP contribution is -2.44. The van der Waals surface area contributed by atoms with E-state index in [0.29, 0.717) is 0 Å². The Bertz CT molecular complexity index is 936. The molecule has 9 heteroatoms. The molecule has 2 aromatic rings. The Morgan fingerprint density at radius 2 is 1.88 bits per heavy atom. The highest BCUT2D eigenvalue weighted by atomic mass is 19.2. The molecule has 0 saturated heterocycles. The average Bonchev–Trinajstić information content (AvgIpc) is 2.60. The number of benzene rings is 1. The molecule has 0 unspecified atom stereocenters. The fraction of sp³-hybridized carbons (Fsp3) is 0.353. The number of hydrogen-bond donors (Lipinski definition) is 0. The number of nitrogens with zero attached hydrogens (tertiary/aromatic N) is 2. The maximum absolute atomic E-state index is 14.2. The molecule has 1 heterocycles. The van der Waals surface area contributed by atoms with Crippen molar-refractivity contribution in [3.05, 3.63) is 56.9 Å². The highest BCUT2D eigenvalue weighted by Gasteiger charge is 2.21. The van der Waals surface area contributed by atoms with E-state index in [9.17, 15) is 23.2 Å². The second kappa shape index (κ2) is 8.05. The summed E-state index contributed by atoms with van der Waals surface area (Å²) in [4.78, 5) is 36.9. The quantitative estimate of drug-likeness (QED) is 0.719. The zero-order valence-electron chi connectivity index (χ0n) is 14.5. The summed E-state index contributed by atoms with van der Waals surface area (Å²) in [6.07, 6.45) is 1.02. The molecule has 0 aliphatic carbocycles. The number of aromatic nitrogens is 2. The number of methoxy groups -OCH3 is 2. The van der Waals surface area contributed by atoms with E-state index in [1.165, 1.54) is 19.2 Å². The van der Waals surface area contributed by atoms with E-state index in [1.807, 2.05) is 0 Å². The van der Waals surface area contributed by atoms with Gasteiger partial charge in [0.1, 0.15) is 6.54 Å². The summed E-state index contributed by atoms with van der Waals surface area (Å²) in [6, 6.07) is 2.68. The zero-order chi connectivity index (χ0) is 19.4. The van der Waals surface area contributed by atoms with Crippen molar-refractivity contribution in [1.82, 2.24) is 9.13 Å². The highest BCUT2D eigenvalue weighted by Crippen LogP contribution is 2.21. The van der Waals surface area contributed by atoms with Gasteiger partial charge < -0.3 is 9.47 Å². The summed E-state index contributed by atoms with van der Waals surface area (Å²) < 4.78 is 39.0. The third kappa shape index (κ3) is 3.72. The van der Waals surface area contributed by atoms with Gasteiger partial charge in [-0.15, -0.1) is 0 Å². The first-order valence-corrected chi connectivity index (χ1v) is 7.67. The van der Waals surface area contributed by atoms with Crippen LogP contribution in [0.5, 0.6) is 0 Å². The zero-order valence-corrected chi connectivity index (χ0v) is 14.5. The summed E-state index contributed by atoms with van der Waals surface area (Å²) in [5.74, 6) is -3.09. The van der Waals surface area contributed by atoms with Crippen LogP contribution in [0.3, 0.4) is 0 Å². The molecule has 0 N–H and O–H groups in total. The third-order valence-corrected chi connectivity index (χ3v) is 3.80. The van der Waals surface area contributed by atoms with Crippen molar-refractivity contribution in [3.8, 4) is 11.1 Å². The monoisotopic (exact) mass is 368 g/mol. The molecule has 0 amide bonds. The Morgan fingerprint density at radius 1 is 1.19 bits per heavy atom. The summed E-state index contributed by atoms with van der Waals surface area (Å²) in [7, 11) is 2.54. The molecule has 2 rings (SSSR count). The van der Waals surface area contributed by atoms with Gasteiger partial charge in [-0.05, 0) is 13.0 Å². The third-order valence-electron chi connectivity index (χ3n) is 3.80. The van der Waals surface area contributed by atoms with E-state index in [1.54, 1.807) is 6.92 Å². The number of halogens is 2. The molecule has 140 valence electrons. The Hall–Kier alpha value is -2.81. The molecule has 26 heavy (non-hydrogen) atoms. The van der Waals surface area contributed by atoms with Crippen LogP contribution in [0.15, 0.2) is 34.0 Å². The van der Waals surface area contributed by atoms with Crippen molar-refractivity contribution < 1.29 is 23.0 Å². The molecule has 0 aliphatic heterocycles. The molecule has 1 aromatic carbocycles. The van der Waals surface area contributed by atoms with Crippen molar-refractivity contribution in [2.24, 2.45) is 0 Å². The van der Waals surface area contributed by atoms with Crippen LogP contribution in [0.1, 0.15) is 13.0 Å². The van der Waals surface area contributed by atoms with Gasteiger partial charge in [0.15, 0.2) is 11.6 Å². The van der Waals surface area contributed by atoms with Crippen molar-refractivity contribution in [2.45, 2.75) is 19.5 Å². The first-order valence-electron chi connectivity index (χ1n) is 7.67. The first-order chi connectivity index (χ1) is 12.3. The van der Waals surface area contributed by atoms with Gasteiger partial charge >= 0.3 is 11.7 Å². The number of carbonyl (C=O) groups is 1. The Kier molecular flexibility index (Phi) is 6.04. The molecule has 7 nitrogen and oxygen atoms in total. The van der Waals surface area contributed by atoms with Crippen LogP contribution in [-0.4, -0.2) is 35.9 Å². The van der Waals surface area contributed by atoms with E-state index >= 15 is 0 Å². The van der Waals surface area contributed by atoms with Crippen molar-refractivity contribution in [2.75, 3.05) is 20.8 Å². The number of esters is 1. The van der Waals surface area contributed by atoms with Gasteiger partial charge in [0.2, 0.25) is 0 Å². The van der Waals surface area contributed by atoms with Crippen LogP contribution in [0, 0.1) is 11.6 Å². The van der Waals surface area contributed by atoms with Gasteiger partial charge in [-0.1, -0.05) is 12.1 Å². The van der Waals surface area contributed by atoms with E-state index < -0.39 is 41.4 Å². The SMILES string of the molecule is COC[C@H](C)n1c(=O)c(-c2cccc(F)c2F)cn(CC(=O)OC)c1=O. The van der Waals surface area contributed by atoms with Crippen LogP contribution in [0.25, 0.3) is 11.1 Å². The van der Waals surface area contributed by atoms with E-state index in [4.69, 9.17) is 4.74 Å². The predicted molar refractivity (Wildman–Crippen MR) is 88.9 cm³/mol. The number of hydrogen-bond acceptors (Lipinski definition) is 5. The summed E-state index contributed by atoms with van der Waals surface area (Å²) in [5, 5.41) is 0. The minimum atomic E-state index is -1.22. The maximum atomic E-state index is 14.2. The van der Waals surface area contributed by atoms with E-state index in [0.717, 1.165) is 28.5 Å². The van der Waals surface area contributed by atoms with Crippen LogP contribution in [0.4, 0.5) is 8.78 Å². The standard InChI is InChI=1S/C17H18F2N2O5/c1-10(9-25-2)21-16(23)12(11-5-4-6-13(18)15(11)19)7-20(17(21)24)8-14(22)26-3/h4-7,10H,8-9H2,1-3H3/t10-/m0/s1. The minimum absolute atomic E-state index is 0.0302. The van der Waals surface area contributed by atoms with Gasteiger partial charge in [0.05, 0.1) is 25.3 Å². The minimum Gasteiger partial charge on any atom is -0.468 e. The first kappa shape index (κ1) is 19.5. The van der Waals surface area contributed by atoms with E-state index in [-0.39, 0.29) is 17.7 Å². The summed E-state index contributed by atoms with van der Waals surface area (Å²) >= 11 is 0. The summed E-state index contributed by atoms with van der Waals surface area (Å²) in [6.45, 7) is 1.10. The number of rotatable bonds is 6. The van der Waals surface area contributed by atoms with Gasteiger partial charge in [0.25, 0.3) is 5.56 Å². The van der Waals surface area contributed by atoms with Crippen LogP contribution < -0.4 is 11.2 Å². The summed E-state index contributed by atoms with van der Waals surface area (Å²) in [5.41, 5.74) is -2.17. The fourth-order valence-electron chi connectivity index (χ4n) is 2.54. The molecule has 1 aromatic heterocycles. The van der Waals surface area contributed by atoms with Crippen molar-refractivity contribution in [3.63, 3.8) is 0 Å². The molecular weight excluding hydrogens is 350 g/mol. The highest BCUT2D eigenvalue weighted by molar-refractivity contribution is 5.69. The van der Waals surface area contributed by atoms with Crippen LogP contribution in [0.2, 0.25) is 0 Å². The lowest BCUT2D eigenvalue weighted by molar-refractivity contribution is -0.141. The molecule has 0 spiro atoms. The lowest BCUT2D eigenvalue weighted by atomic mass is 10.1. The molecule has 0 radical (unpaired) electrons. The van der Waals surface area contributed by atoms with Crippen LogP contribution >= 0.6 is 0 Å². The van der Waals surface area contributed by atoms with Crippen molar-refractivity contribution in [1.29, 1.82) is 0 Å². The number of carbonyl (C=O) groups excluding carboxylic acids is 1. The normalized spacial score (nSPS) is 12.0. The molecule has 0 saturated carbocycles. The van der Waals surface area contributed by atoms with Gasteiger partial charge in [-0.25, -0.2) is 13.6 Å². The second-order valence-corrected chi connectivity index (χ2v) is 5.61. The molecule has 1 atom stereocenters. The van der Waals surface area contributed by atoms with Gasteiger partial charge in [-0.3, -0.25) is 18.7 Å². The maximum Gasteiger partial charge on any atom is 0.331 e. The number of ether oxygens (including phenoxy) is 2. The Balaban J connectivity index is 2.79. The molecule has 0 aliphatic rings. The molecular formula is C17H18F2N2O5. The molecule has 0 fully saturated rings.